The van der Waals surface area contributed by atoms with Crippen molar-refractivity contribution in [1.29, 1.82) is 0 Å². The molecule has 1 aromatic carbocycles. The molecule has 0 aliphatic heterocycles. The van der Waals surface area contributed by atoms with Gasteiger partial charge in [0.15, 0.2) is 17.3 Å². The van der Waals surface area contributed by atoms with Gasteiger partial charge in [-0.2, -0.15) is 23.4 Å². The van der Waals surface area contributed by atoms with Crippen LogP contribution in [0.5, 0.6) is 23.0 Å². The number of aromatic hydroxyl groups is 4. The molecule has 0 aliphatic carbocycles. The van der Waals surface area contributed by atoms with E-state index in [4.69, 9.17) is 0 Å². The summed E-state index contributed by atoms with van der Waals surface area (Å²) in [6.45, 7) is 0.707. The van der Waals surface area contributed by atoms with Gasteiger partial charge in [-0.1, -0.05) is 0 Å². The molecule has 0 saturated carbocycles. The van der Waals surface area contributed by atoms with Gasteiger partial charge in [0.2, 0.25) is 5.69 Å². The molecular weight excluding hydrogens is 597 g/mol. The number of amides is 3. The Morgan fingerprint density at radius 3 is 2.36 bits per heavy atom. The lowest BCUT2D eigenvalue weighted by Crippen LogP contribution is -2.43. The van der Waals surface area contributed by atoms with Crippen LogP contribution in [0.25, 0.3) is 5.82 Å². The summed E-state index contributed by atoms with van der Waals surface area (Å²) >= 11 is 0. The predicted molar refractivity (Wildman–Crippen MR) is 141 cm³/mol. The number of alkyl halides is 3. The van der Waals surface area contributed by atoms with E-state index in [1.165, 1.54) is 25.3 Å². The van der Waals surface area contributed by atoms with Crippen LogP contribution in [-0.2, 0) is 17.5 Å². The number of rotatable bonds is 6. The number of nitrogens with one attached hydrogen (secondary N) is 2. The molecule has 0 bridgehead atoms. The molecule has 0 atom stereocenters. The Kier molecular flexibility index (Phi) is 8.23. The average molecular weight is 621 g/mol. The second-order valence-corrected chi connectivity index (χ2v) is 9.03. The molecule has 19 heteroatoms. The molecule has 3 amide bonds. The lowest BCUT2D eigenvalue weighted by Gasteiger charge is -2.18. The maximum Gasteiger partial charge on any atom is 0.438 e. The minimum Gasteiger partial charge on any atom is -0.508 e. The number of anilines is 1. The number of hydrogen-bond acceptors (Lipinski definition) is 11. The molecule has 6 N–H and O–H groups in total. The minimum absolute atomic E-state index is 0.0767. The number of phenols is 2. The van der Waals surface area contributed by atoms with E-state index in [1.807, 2.05) is 0 Å². The largest absolute Gasteiger partial charge is 0.508 e. The molecule has 3 aromatic heterocycles. The summed E-state index contributed by atoms with van der Waals surface area (Å²) in [5, 5.41) is 51.3. The maximum atomic E-state index is 13.5. The van der Waals surface area contributed by atoms with Crippen molar-refractivity contribution in [3.8, 4) is 28.8 Å². The summed E-state index contributed by atoms with van der Waals surface area (Å²) in [6, 6.07) is 5.41. The van der Waals surface area contributed by atoms with E-state index in [9.17, 15) is 48.0 Å². The minimum atomic E-state index is -4.95. The van der Waals surface area contributed by atoms with Crippen LogP contribution in [0.4, 0.5) is 23.7 Å². The van der Waals surface area contributed by atoms with Crippen LogP contribution in [-0.4, -0.2) is 82.0 Å². The van der Waals surface area contributed by atoms with Gasteiger partial charge in [0.05, 0.1) is 36.3 Å². The SMILES string of the molecule is COC(=O)N(C)NC(=O)c1cc(O)cc(O)c1NC(=O)c1cc(Cn2nc(C(F)(F)F)c(O)c2C)nn1-c1ncccc1O. The highest BCUT2D eigenvalue weighted by molar-refractivity contribution is 6.10. The zero-order valence-electron chi connectivity index (χ0n) is 22.9. The van der Waals surface area contributed by atoms with Crippen LogP contribution < -0.4 is 10.7 Å². The Balaban J connectivity index is 1.76. The third kappa shape index (κ3) is 6.10. The Labute approximate surface area is 244 Å². The van der Waals surface area contributed by atoms with E-state index in [-0.39, 0.29) is 22.9 Å². The Morgan fingerprint density at radius 2 is 1.75 bits per heavy atom. The van der Waals surface area contributed by atoms with E-state index in [0.29, 0.717) is 5.01 Å². The molecule has 0 unspecified atom stereocenters. The fourth-order valence-electron chi connectivity index (χ4n) is 3.91. The van der Waals surface area contributed by atoms with Crippen molar-refractivity contribution in [3.63, 3.8) is 0 Å². The molecule has 0 spiro atoms. The lowest BCUT2D eigenvalue weighted by molar-refractivity contribution is -0.142. The third-order valence-corrected chi connectivity index (χ3v) is 6.02. The number of methoxy groups -OCH3 is 1. The van der Waals surface area contributed by atoms with Crippen LogP contribution in [0.3, 0.4) is 0 Å². The maximum absolute atomic E-state index is 13.5. The van der Waals surface area contributed by atoms with Crippen molar-refractivity contribution >= 4 is 23.6 Å². The summed E-state index contributed by atoms with van der Waals surface area (Å²) in [5.41, 5.74) is -1.13. The molecule has 0 aliphatic rings. The number of pyridine rings is 1. The van der Waals surface area contributed by atoms with E-state index >= 15 is 0 Å². The molecule has 0 radical (unpaired) electrons. The third-order valence-electron chi connectivity index (χ3n) is 6.02. The molecule has 4 rings (SSSR count). The number of carbonyl (C=O) groups is 3. The number of phenolic OH excluding ortho intramolecular Hbond substituents is 2. The van der Waals surface area contributed by atoms with Crippen molar-refractivity contribution in [1.82, 2.24) is 35.0 Å². The van der Waals surface area contributed by atoms with Crippen LogP contribution in [0, 0.1) is 6.92 Å². The van der Waals surface area contributed by atoms with Gasteiger partial charge in [-0.3, -0.25) is 19.7 Å². The highest BCUT2D eigenvalue weighted by Gasteiger charge is 2.39. The Hall–Kier alpha value is -6.01. The van der Waals surface area contributed by atoms with Crippen LogP contribution >= 0.6 is 0 Å². The summed E-state index contributed by atoms with van der Waals surface area (Å²) in [4.78, 5) is 42.1. The molecule has 16 nitrogen and oxygen atoms in total. The Morgan fingerprint density at radius 1 is 1.05 bits per heavy atom. The van der Waals surface area contributed by atoms with Crippen LogP contribution in [0.1, 0.15) is 37.9 Å². The molecule has 3 heterocycles. The predicted octanol–water partition coefficient (Wildman–Crippen LogP) is 2.26. The van der Waals surface area contributed by atoms with Gasteiger partial charge in [-0.05, 0) is 31.2 Å². The number of nitrogens with zero attached hydrogens (tertiary/aromatic N) is 6. The van der Waals surface area contributed by atoms with Gasteiger partial charge < -0.3 is 30.5 Å². The van der Waals surface area contributed by atoms with Gasteiger partial charge in [-0.15, -0.1) is 0 Å². The van der Waals surface area contributed by atoms with Crippen LogP contribution in [0.2, 0.25) is 0 Å². The summed E-state index contributed by atoms with van der Waals surface area (Å²) in [5.74, 6) is -5.28. The van der Waals surface area contributed by atoms with E-state index in [1.54, 1.807) is 0 Å². The first-order valence-corrected chi connectivity index (χ1v) is 12.2. The first kappa shape index (κ1) is 30.9. The summed E-state index contributed by atoms with van der Waals surface area (Å²) in [6.07, 6.45) is -4.66. The van der Waals surface area contributed by atoms with E-state index < -0.39 is 70.6 Å². The van der Waals surface area contributed by atoms with Crippen LogP contribution in [0.15, 0.2) is 36.5 Å². The summed E-state index contributed by atoms with van der Waals surface area (Å²) < 4.78 is 45.9. The zero-order valence-corrected chi connectivity index (χ0v) is 22.9. The van der Waals surface area contributed by atoms with Crippen molar-refractivity contribution in [3.05, 3.63) is 64.9 Å². The van der Waals surface area contributed by atoms with Crippen molar-refractivity contribution in [2.45, 2.75) is 19.6 Å². The number of carbonyl (C=O) groups excluding carboxylic acids is 3. The summed E-state index contributed by atoms with van der Waals surface area (Å²) in [7, 11) is 2.20. The molecule has 0 fully saturated rings. The normalized spacial score (nSPS) is 11.2. The highest BCUT2D eigenvalue weighted by Crippen LogP contribution is 2.37. The van der Waals surface area contributed by atoms with Crippen molar-refractivity contribution in [2.24, 2.45) is 0 Å². The molecule has 0 saturated heterocycles. The zero-order chi connectivity index (χ0) is 32.5. The molecular formula is C25H23F3N8O8. The first-order valence-electron chi connectivity index (χ1n) is 12.2. The number of benzene rings is 1. The number of ether oxygens (including phenoxy) is 1. The van der Waals surface area contributed by atoms with Crippen molar-refractivity contribution < 1.29 is 52.7 Å². The quantitative estimate of drug-likeness (QED) is 0.104. The first-order chi connectivity index (χ1) is 20.6. The molecule has 44 heavy (non-hydrogen) atoms. The fraction of sp³-hybridized carbons (Fsp3) is 0.200. The Bertz CT molecular complexity index is 1770. The van der Waals surface area contributed by atoms with Gasteiger partial charge in [0, 0.05) is 19.3 Å². The van der Waals surface area contributed by atoms with Gasteiger partial charge in [-0.25, -0.2) is 19.5 Å². The number of hydrogen-bond donors (Lipinski definition) is 6. The van der Waals surface area contributed by atoms with Gasteiger partial charge in [0.1, 0.15) is 17.2 Å². The number of aromatic nitrogens is 5. The van der Waals surface area contributed by atoms with E-state index in [0.717, 1.165) is 41.7 Å². The second-order valence-electron chi connectivity index (χ2n) is 9.03. The standard InChI is InChI=1S/C25H23F3N8O8/c1-11-19(40)20(25(26,27)28)32-35(11)10-12-7-15(36(31-12)21-16(38)5-4-6-29-21)23(42)30-18-14(8-13(37)9-17(18)39)22(41)33-34(2)24(43)44-3/h4-9,37-40H,10H2,1-3H3,(H,30,42)(H,33,41). The monoisotopic (exact) mass is 620 g/mol. The molecule has 4 aromatic rings. The van der Waals surface area contributed by atoms with Gasteiger partial charge in [0.25, 0.3) is 11.8 Å². The molecule has 232 valence electrons. The average Bonchev–Trinajstić information content (AvgIpc) is 3.50. The smallest absolute Gasteiger partial charge is 0.438 e. The lowest BCUT2D eigenvalue weighted by atomic mass is 10.1. The van der Waals surface area contributed by atoms with Crippen molar-refractivity contribution in [2.75, 3.05) is 19.5 Å². The highest BCUT2D eigenvalue weighted by atomic mass is 19.4. The topological polar surface area (TPSA) is 217 Å². The van der Waals surface area contributed by atoms with Gasteiger partial charge >= 0.3 is 12.3 Å². The van der Waals surface area contributed by atoms with E-state index in [2.05, 4.69) is 30.7 Å². The fourth-order valence-corrected chi connectivity index (χ4v) is 3.91. The number of hydrazine groups is 1. The number of halogens is 3. The second kappa shape index (κ2) is 11.7.